The first-order valence-corrected chi connectivity index (χ1v) is 5.30. The van der Waals surface area contributed by atoms with Crippen LogP contribution in [0.25, 0.3) is 0 Å². The molecule has 2 rings (SSSR count). The predicted molar refractivity (Wildman–Crippen MR) is 59.0 cm³/mol. The molecule has 2 unspecified atom stereocenters. The van der Waals surface area contributed by atoms with Crippen LogP contribution in [0.2, 0.25) is 0 Å². The standard InChI is InChI=1S/C11H14N2O3/c12-10-2-1-7-16-11(10)8-3-5-9(6-4-8)13(14)15/h3-6,10-11H,1-2,7,12H2. The Morgan fingerprint density at radius 1 is 1.38 bits per heavy atom. The molecule has 0 aliphatic carbocycles. The van der Waals surface area contributed by atoms with E-state index in [-0.39, 0.29) is 17.8 Å². The van der Waals surface area contributed by atoms with Crippen molar-refractivity contribution in [1.82, 2.24) is 0 Å². The third-order valence-corrected chi connectivity index (χ3v) is 2.80. The smallest absolute Gasteiger partial charge is 0.269 e. The Morgan fingerprint density at radius 3 is 2.62 bits per heavy atom. The summed E-state index contributed by atoms with van der Waals surface area (Å²) >= 11 is 0. The lowest BCUT2D eigenvalue weighted by Gasteiger charge is -2.29. The van der Waals surface area contributed by atoms with Crippen molar-refractivity contribution in [2.24, 2.45) is 5.73 Å². The molecular weight excluding hydrogens is 208 g/mol. The summed E-state index contributed by atoms with van der Waals surface area (Å²) in [6, 6.07) is 6.39. The SMILES string of the molecule is NC1CCCOC1c1ccc([N+](=O)[O-])cc1. The van der Waals surface area contributed by atoms with Gasteiger partial charge in [0.2, 0.25) is 0 Å². The van der Waals surface area contributed by atoms with Gasteiger partial charge in [0, 0.05) is 24.8 Å². The first kappa shape index (κ1) is 11.0. The summed E-state index contributed by atoms with van der Waals surface area (Å²) < 4.78 is 5.58. The summed E-state index contributed by atoms with van der Waals surface area (Å²) in [6.07, 6.45) is 1.78. The van der Waals surface area contributed by atoms with E-state index in [0.29, 0.717) is 6.61 Å². The lowest BCUT2D eigenvalue weighted by molar-refractivity contribution is -0.384. The van der Waals surface area contributed by atoms with Gasteiger partial charge in [-0.3, -0.25) is 10.1 Å². The van der Waals surface area contributed by atoms with E-state index in [1.165, 1.54) is 12.1 Å². The highest BCUT2D eigenvalue weighted by atomic mass is 16.6. The van der Waals surface area contributed by atoms with E-state index < -0.39 is 4.92 Å². The molecule has 1 aromatic carbocycles. The van der Waals surface area contributed by atoms with Gasteiger partial charge in [-0.25, -0.2) is 0 Å². The fraction of sp³-hybridized carbons (Fsp3) is 0.455. The third kappa shape index (κ3) is 2.20. The zero-order chi connectivity index (χ0) is 11.5. The quantitative estimate of drug-likeness (QED) is 0.611. The van der Waals surface area contributed by atoms with Crippen molar-refractivity contribution < 1.29 is 9.66 Å². The van der Waals surface area contributed by atoms with E-state index in [0.717, 1.165) is 18.4 Å². The number of rotatable bonds is 2. The van der Waals surface area contributed by atoms with Gasteiger partial charge < -0.3 is 10.5 Å². The molecule has 1 saturated heterocycles. The van der Waals surface area contributed by atoms with Crippen LogP contribution < -0.4 is 5.73 Å². The molecule has 86 valence electrons. The lowest BCUT2D eigenvalue weighted by atomic mass is 9.97. The zero-order valence-corrected chi connectivity index (χ0v) is 8.83. The topological polar surface area (TPSA) is 78.4 Å². The van der Waals surface area contributed by atoms with Crippen molar-refractivity contribution >= 4 is 5.69 Å². The average Bonchev–Trinajstić information content (AvgIpc) is 2.30. The first-order chi connectivity index (χ1) is 7.68. The van der Waals surface area contributed by atoms with Crippen LogP contribution >= 0.6 is 0 Å². The van der Waals surface area contributed by atoms with Crippen molar-refractivity contribution in [3.8, 4) is 0 Å². The maximum absolute atomic E-state index is 10.5. The number of hydrogen-bond donors (Lipinski definition) is 1. The number of nitro benzene ring substituents is 1. The summed E-state index contributed by atoms with van der Waals surface area (Å²) in [7, 11) is 0. The molecule has 0 aromatic heterocycles. The van der Waals surface area contributed by atoms with Crippen molar-refractivity contribution in [3.63, 3.8) is 0 Å². The van der Waals surface area contributed by atoms with Crippen molar-refractivity contribution in [2.45, 2.75) is 25.0 Å². The third-order valence-electron chi connectivity index (χ3n) is 2.80. The predicted octanol–water partition coefficient (Wildman–Crippen LogP) is 1.77. The molecule has 1 aromatic rings. The Kier molecular flexibility index (Phi) is 3.17. The Hall–Kier alpha value is -1.46. The second-order valence-electron chi connectivity index (χ2n) is 3.95. The highest BCUT2D eigenvalue weighted by Gasteiger charge is 2.24. The molecule has 2 N–H and O–H groups in total. The summed E-state index contributed by atoms with van der Waals surface area (Å²) in [4.78, 5) is 10.1. The second-order valence-corrected chi connectivity index (χ2v) is 3.95. The van der Waals surface area contributed by atoms with E-state index >= 15 is 0 Å². The fourth-order valence-corrected chi connectivity index (χ4v) is 1.93. The monoisotopic (exact) mass is 222 g/mol. The molecule has 0 spiro atoms. The molecular formula is C11H14N2O3. The van der Waals surface area contributed by atoms with Gasteiger partial charge >= 0.3 is 0 Å². The van der Waals surface area contributed by atoms with Crippen LogP contribution in [0.4, 0.5) is 5.69 Å². The molecule has 16 heavy (non-hydrogen) atoms. The van der Waals surface area contributed by atoms with Crippen LogP contribution in [0.15, 0.2) is 24.3 Å². The van der Waals surface area contributed by atoms with E-state index in [1.807, 2.05) is 0 Å². The Bertz CT molecular complexity index is 377. The summed E-state index contributed by atoms with van der Waals surface area (Å²) in [5.74, 6) is 0. The molecule has 0 saturated carbocycles. The summed E-state index contributed by atoms with van der Waals surface area (Å²) in [5.41, 5.74) is 6.96. The van der Waals surface area contributed by atoms with Gasteiger partial charge in [-0.1, -0.05) is 0 Å². The minimum atomic E-state index is -0.411. The second kappa shape index (κ2) is 4.59. The van der Waals surface area contributed by atoms with Crippen molar-refractivity contribution in [2.75, 3.05) is 6.61 Å². The fourth-order valence-electron chi connectivity index (χ4n) is 1.93. The molecule has 0 bridgehead atoms. The number of nitrogens with zero attached hydrogens (tertiary/aromatic N) is 1. The molecule has 1 aliphatic heterocycles. The van der Waals surface area contributed by atoms with Crippen LogP contribution in [0.5, 0.6) is 0 Å². The number of non-ortho nitro benzene ring substituents is 1. The van der Waals surface area contributed by atoms with Crippen LogP contribution in [-0.2, 0) is 4.74 Å². The van der Waals surface area contributed by atoms with Gasteiger partial charge in [-0.15, -0.1) is 0 Å². The lowest BCUT2D eigenvalue weighted by Crippen LogP contribution is -2.34. The maximum atomic E-state index is 10.5. The van der Waals surface area contributed by atoms with Gasteiger partial charge in [0.25, 0.3) is 5.69 Å². The summed E-state index contributed by atoms with van der Waals surface area (Å²) in [5, 5.41) is 10.5. The first-order valence-electron chi connectivity index (χ1n) is 5.30. The van der Waals surface area contributed by atoms with Crippen LogP contribution in [0.1, 0.15) is 24.5 Å². The molecule has 0 amide bonds. The molecule has 5 nitrogen and oxygen atoms in total. The van der Waals surface area contributed by atoms with Crippen molar-refractivity contribution in [3.05, 3.63) is 39.9 Å². The maximum Gasteiger partial charge on any atom is 0.269 e. The molecule has 5 heteroatoms. The molecule has 1 heterocycles. The highest BCUT2D eigenvalue weighted by molar-refractivity contribution is 5.34. The number of nitro groups is 1. The van der Waals surface area contributed by atoms with Gasteiger partial charge in [-0.05, 0) is 30.5 Å². The van der Waals surface area contributed by atoms with Gasteiger partial charge in [-0.2, -0.15) is 0 Å². The van der Waals surface area contributed by atoms with E-state index in [2.05, 4.69) is 0 Å². The number of benzene rings is 1. The van der Waals surface area contributed by atoms with Gasteiger partial charge in [0.05, 0.1) is 11.0 Å². The Morgan fingerprint density at radius 2 is 2.06 bits per heavy atom. The zero-order valence-electron chi connectivity index (χ0n) is 8.83. The minimum absolute atomic E-state index is 0.0183. The Labute approximate surface area is 93.4 Å². The van der Waals surface area contributed by atoms with E-state index in [4.69, 9.17) is 10.5 Å². The number of hydrogen-bond acceptors (Lipinski definition) is 4. The molecule has 1 aliphatic rings. The van der Waals surface area contributed by atoms with Crippen LogP contribution in [0.3, 0.4) is 0 Å². The molecule has 1 fully saturated rings. The highest BCUT2D eigenvalue weighted by Crippen LogP contribution is 2.28. The van der Waals surface area contributed by atoms with Crippen LogP contribution in [-0.4, -0.2) is 17.6 Å². The molecule has 0 radical (unpaired) electrons. The van der Waals surface area contributed by atoms with Crippen LogP contribution in [0, 0.1) is 10.1 Å². The van der Waals surface area contributed by atoms with E-state index in [9.17, 15) is 10.1 Å². The van der Waals surface area contributed by atoms with Gasteiger partial charge in [0.1, 0.15) is 0 Å². The van der Waals surface area contributed by atoms with E-state index in [1.54, 1.807) is 12.1 Å². The summed E-state index contributed by atoms with van der Waals surface area (Å²) in [6.45, 7) is 0.704. The normalized spacial score (nSPS) is 25.3. The average molecular weight is 222 g/mol. The minimum Gasteiger partial charge on any atom is -0.372 e. The Balaban J connectivity index is 2.17. The van der Waals surface area contributed by atoms with Gasteiger partial charge in [0.15, 0.2) is 0 Å². The largest absolute Gasteiger partial charge is 0.372 e. The molecule has 2 atom stereocenters. The van der Waals surface area contributed by atoms with Crippen molar-refractivity contribution in [1.29, 1.82) is 0 Å². The number of nitrogens with two attached hydrogens (primary N) is 1. The number of ether oxygens (including phenoxy) is 1.